The van der Waals surface area contributed by atoms with Crippen molar-refractivity contribution in [3.63, 3.8) is 0 Å². The van der Waals surface area contributed by atoms with Crippen LogP contribution >= 0.6 is 0 Å². The molecule has 18 heavy (non-hydrogen) atoms. The molecule has 0 aliphatic carbocycles. The Morgan fingerprint density at radius 2 is 2.22 bits per heavy atom. The van der Waals surface area contributed by atoms with Crippen LogP contribution in [0.1, 0.15) is 23.7 Å². The van der Waals surface area contributed by atoms with E-state index in [0.717, 1.165) is 6.42 Å². The van der Waals surface area contributed by atoms with Crippen molar-refractivity contribution in [3.05, 3.63) is 36.4 Å². The van der Waals surface area contributed by atoms with Crippen LogP contribution in [0.3, 0.4) is 0 Å². The minimum absolute atomic E-state index is 0.0534. The fraction of sp³-hybridized carbons (Fsp3) is 0.357. The molecule has 0 aliphatic heterocycles. The Morgan fingerprint density at radius 3 is 2.78 bits per heavy atom. The highest BCUT2D eigenvalue weighted by Gasteiger charge is 2.15. The quantitative estimate of drug-likeness (QED) is 0.621. The van der Waals surface area contributed by atoms with Gasteiger partial charge in [-0.15, -0.1) is 6.58 Å². The first-order valence-electron chi connectivity index (χ1n) is 5.97. The molecule has 0 saturated heterocycles. The SMILES string of the molecule is C=CCN(CCC)C(=O)c1cc(N)cc(OC)c1. The highest BCUT2D eigenvalue weighted by molar-refractivity contribution is 5.95. The van der Waals surface area contributed by atoms with Crippen LogP contribution in [-0.4, -0.2) is 31.0 Å². The zero-order valence-corrected chi connectivity index (χ0v) is 11.0. The van der Waals surface area contributed by atoms with Gasteiger partial charge in [0.2, 0.25) is 0 Å². The molecular weight excluding hydrogens is 228 g/mol. The number of amides is 1. The standard InChI is InChI=1S/C14H20N2O2/c1-4-6-16(7-5-2)14(17)11-8-12(15)10-13(9-11)18-3/h4,8-10H,1,5-7,15H2,2-3H3. The van der Waals surface area contributed by atoms with Crippen LogP contribution in [0.25, 0.3) is 0 Å². The van der Waals surface area contributed by atoms with E-state index in [-0.39, 0.29) is 5.91 Å². The Bertz CT molecular complexity index is 430. The second kappa shape index (κ2) is 6.69. The molecule has 4 heteroatoms. The van der Waals surface area contributed by atoms with E-state index in [9.17, 15) is 4.79 Å². The van der Waals surface area contributed by atoms with E-state index in [1.54, 1.807) is 36.3 Å². The number of rotatable bonds is 6. The van der Waals surface area contributed by atoms with E-state index in [1.807, 2.05) is 6.92 Å². The zero-order valence-electron chi connectivity index (χ0n) is 11.0. The topological polar surface area (TPSA) is 55.6 Å². The van der Waals surface area contributed by atoms with Gasteiger partial charge in [0.1, 0.15) is 5.75 Å². The lowest BCUT2D eigenvalue weighted by molar-refractivity contribution is 0.0773. The smallest absolute Gasteiger partial charge is 0.254 e. The fourth-order valence-corrected chi connectivity index (χ4v) is 1.75. The van der Waals surface area contributed by atoms with Gasteiger partial charge >= 0.3 is 0 Å². The molecule has 0 bridgehead atoms. The van der Waals surface area contributed by atoms with E-state index < -0.39 is 0 Å². The molecule has 0 fully saturated rings. The van der Waals surface area contributed by atoms with E-state index in [0.29, 0.717) is 30.1 Å². The molecule has 98 valence electrons. The first-order valence-corrected chi connectivity index (χ1v) is 5.97. The molecule has 0 aromatic heterocycles. The summed E-state index contributed by atoms with van der Waals surface area (Å²) in [5.74, 6) is 0.538. The first kappa shape index (κ1) is 14.1. The van der Waals surface area contributed by atoms with Crippen LogP contribution in [0.2, 0.25) is 0 Å². The average Bonchev–Trinajstić information content (AvgIpc) is 2.36. The van der Waals surface area contributed by atoms with E-state index in [4.69, 9.17) is 10.5 Å². The van der Waals surface area contributed by atoms with Gasteiger partial charge in [-0.05, 0) is 18.6 Å². The molecule has 0 radical (unpaired) electrons. The van der Waals surface area contributed by atoms with Crippen molar-refractivity contribution in [3.8, 4) is 5.75 Å². The number of hydrogen-bond acceptors (Lipinski definition) is 3. The Morgan fingerprint density at radius 1 is 1.50 bits per heavy atom. The maximum absolute atomic E-state index is 12.3. The van der Waals surface area contributed by atoms with Crippen molar-refractivity contribution >= 4 is 11.6 Å². The lowest BCUT2D eigenvalue weighted by atomic mass is 10.1. The number of anilines is 1. The minimum atomic E-state index is -0.0534. The lowest BCUT2D eigenvalue weighted by Gasteiger charge is -2.20. The number of hydrogen-bond donors (Lipinski definition) is 1. The van der Waals surface area contributed by atoms with Gasteiger partial charge in [-0.1, -0.05) is 13.0 Å². The van der Waals surface area contributed by atoms with Crippen LogP contribution in [0, 0.1) is 0 Å². The molecule has 1 aromatic carbocycles. The Hall–Kier alpha value is -1.97. The van der Waals surface area contributed by atoms with Gasteiger partial charge in [0.25, 0.3) is 5.91 Å². The number of methoxy groups -OCH3 is 1. The molecule has 0 saturated carbocycles. The molecule has 1 amide bonds. The predicted molar refractivity (Wildman–Crippen MR) is 73.8 cm³/mol. The van der Waals surface area contributed by atoms with Crippen molar-refractivity contribution in [2.45, 2.75) is 13.3 Å². The molecule has 4 nitrogen and oxygen atoms in total. The number of carbonyl (C=O) groups is 1. The maximum Gasteiger partial charge on any atom is 0.254 e. The second-order valence-electron chi connectivity index (χ2n) is 4.03. The summed E-state index contributed by atoms with van der Waals surface area (Å²) in [6.45, 7) is 6.93. The van der Waals surface area contributed by atoms with Crippen molar-refractivity contribution in [1.29, 1.82) is 0 Å². The molecule has 0 aliphatic rings. The van der Waals surface area contributed by atoms with E-state index in [2.05, 4.69) is 6.58 Å². The number of carbonyl (C=O) groups excluding carboxylic acids is 1. The van der Waals surface area contributed by atoms with Gasteiger partial charge in [0, 0.05) is 30.4 Å². The zero-order chi connectivity index (χ0) is 13.5. The number of nitrogens with two attached hydrogens (primary N) is 1. The summed E-state index contributed by atoms with van der Waals surface area (Å²) in [4.78, 5) is 14.0. The van der Waals surface area contributed by atoms with Crippen molar-refractivity contribution in [2.24, 2.45) is 0 Å². The van der Waals surface area contributed by atoms with Crippen LogP contribution < -0.4 is 10.5 Å². The molecule has 1 rings (SSSR count). The number of nitrogen functional groups attached to an aromatic ring is 1. The second-order valence-corrected chi connectivity index (χ2v) is 4.03. The normalized spacial score (nSPS) is 9.89. The van der Waals surface area contributed by atoms with Crippen molar-refractivity contribution in [1.82, 2.24) is 4.90 Å². The van der Waals surface area contributed by atoms with E-state index >= 15 is 0 Å². The van der Waals surface area contributed by atoms with Gasteiger partial charge in [0.15, 0.2) is 0 Å². The van der Waals surface area contributed by atoms with E-state index in [1.165, 1.54) is 0 Å². The molecule has 0 heterocycles. The third-order valence-electron chi connectivity index (χ3n) is 2.54. The molecule has 0 atom stereocenters. The van der Waals surface area contributed by atoms with Gasteiger partial charge in [-0.3, -0.25) is 4.79 Å². The summed E-state index contributed by atoms with van der Waals surface area (Å²) in [7, 11) is 1.55. The van der Waals surface area contributed by atoms with Gasteiger partial charge in [-0.25, -0.2) is 0 Å². The summed E-state index contributed by atoms with van der Waals surface area (Å²) in [5, 5.41) is 0. The molecular formula is C14H20N2O2. The highest BCUT2D eigenvalue weighted by atomic mass is 16.5. The summed E-state index contributed by atoms with van der Waals surface area (Å²) < 4.78 is 5.11. The number of benzene rings is 1. The third kappa shape index (κ3) is 3.52. The molecule has 0 spiro atoms. The van der Waals surface area contributed by atoms with Gasteiger partial charge in [0.05, 0.1) is 7.11 Å². The Kier molecular flexibility index (Phi) is 5.24. The first-order chi connectivity index (χ1) is 8.62. The summed E-state index contributed by atoms with van der Waals surface area (Å²) in [5.41, 5.74) is 6.81. The van der Waals surface area contributed by atoms with Crippen LogP contribution in [0.15, 0.2) is 30.9 Å². The third-order valence-corrected chi connectivity index (χ3v) is 2.54. The highest BCUT2D eigenvalue weighted by Crippen LogP contribution is 2.19. The van der Waals surface area contributed by atoms with Crippen molar-refractivity contribution < 1.29 is 9.53 Å². The summed E-state index contributed by atoms with van der Waals surface area (Å²) in [6, 6.07) is 5.05. The monoisotopic (exact) mass is 248 g/mol. The fourth-order valence-electron chi connectivity index (χ4n) is 1.75. The minimum Gasteiger partial charge on any atom is -0.497 e. The molecule has 0 unspecified atom stereocenters. The van der Waals surface area contributed by atoms with Crippen LogP contribution in [-0.2, 0) is 0 Å². The van der Waals surface area contributed by atoms with Crippen LogP contribution in [0.4, 0.5) is 5.69 Å². The largest absolute Gasteiger partial charge is 0.497 e. The number of ether oxygens (including phenoxy) is 1. The Labute approximate surface area is 108 Å². The van der Waals surface area contributed by atoms with Crippen LogP contribution in [0.5, 0.6) is 5.75 Å². The van der Waals surface area contributed by atoms with Crippen molar-refractivity contribution in [2.75, 3.05) is 25.9 Å². The maximum atomic E-state index is 12.3. The Balaban J connectivity index is 2.99. The molecule has 1 aromatic rings. The van der Waals surface area contributed by atoms with Gasteiger partial charge < -0.3 is 15.4 Å². The van der Waals surface area contributed by atoms with Gasteiger partial charge in [-0.2, -0.15) is 0 Å². The lowest BCUT2D eigenvalue weighted by Crippen LogP contribution is -2.31. The molecule has 2 N–H and O–H groups in total. The average molecular weight is 248 g/mol. The number of nitrogens with zero attached hydrogens (tertiary/aromatic N) is 1. The predicted octanol–water partition coefficient (Wildman–Crippen LogP) is 2.32. The summed E-state index contributed by atoms with van der Waals surface area (Å²) in [6.07, 6.45) is 2.62. The summed E-state index contributed by atoms with van der Waals surface area (Å²) >= 11 is 0.